The van der Waals surface area contributed by atoms with Gasteiger partial charge in [-0.2, -0.15) is 15.0 Å². The molecule has 0 aliphatic rings. The van der Waals surface area contributed by atoms with Crippen LogP contribution in [0, 0.1) is 0 Å². The maximum atomic E-state index is 5.34. The van der Waals surface area contributed by atoms with Crippen molar-refractivity contribution in [3.63, 3.8) is 0 Å². The lowest BCUT2D eigenvalue weighted by Crippen LogP contribution is -2.07. The van der Waals surface area contributed by atoms with Crippen molar-refractivity contribution in [2.45, 2.75) is 20.3 Å². The van der Waals surface area contributed by atoms with Crippen LogP contribution in [0.5, 0.6) is 6.01 Å². The zero-order valence-electron chi connectivity index (χ0n) is 12.0. The lowest BCUT2D eigenvalue weighted by molar-refractivity contribution is 0.312. The molecule has 0 atom stereocenters. The second kappa shape index (κ2) is 6.70. The molecule has 1 aromatic heterocycles. The normalized spacial score (nSPS) is 10.2. The molecule has 1 aromatic carbocycles. The minimum atomic E-state index is 0.309. The van der Waals surface area contributed by atoms with Crippen LogP contribution in [0.25, 0.3) is 0 Å². The molecule has 0 fully saturated rings. The van der Waals surface area contributed by atoms with Crippen LogP contribution in [0.15, 0.2) is 24.3 Å². The van der Waals surface area contributed by atoms with Crippen LogP contribution < -0.4 is 15.4 Å². The lowest BCUT2D eigenvalue weighted by Gasteiger charge is -2.11. The van der Waals surface area contributed by atoms with Crippen LogP contribution in [0.3, 0.4) is 0 Å². The third-order valence-corrected chi connectivity index (χ3v) is 2.76. The van der Waals surface area contributed by atoms with Crippen LogP contribution in [0.4, 0.5) is 17.6 Å². The molecule has 2 aromatic rings. The summed E-state index contributed by atoms with van der Waals surface area (Å²) in [5.41, 5.74) is 2.20. The molecular formula is C14H19N5O. The van der Waals surface area contributed by atoms with Crippen molar-refractivity contribution in [1.29, 1.82) is 0 Å². The third kappa shape index (κ3) is 3.34. The minimum absolute atomic E-state index is 0.309. The molecule has 0 aliphatic heterocycles. The average molecular weight is 273 g/mol. The summed E-state index contributed by atoms with van der Waals surface area (Å²) in [6.07, 6.45) is 0.936. The monoisotopic (exact) mass is 273 g/mol. The predicted octanol–water partition coefficient (Wildman–Crippen LogP) is 2.62. The van der Waals surface area contributed by atoms with E-state index >= 15 is 0 Å². The molecule has 106 valence electrons. The van der Waals surface area contributed by atoms with Gasteiger partial charge in [-0.05, 0) is 25.0 Å². The number of nitrogens with one attached hydrogen (secondary N) is 2. The zero-order chi connectivity index (χ0) is 14.4. The molecule has 6 heteroatoms. The third-order valence-electron chi connectivity index (χ3n) is 2.76. The van der Waals surface area contributed by atoms with Crippen LogP contribution >= 0.6 is 0 Å². The highest BCUT2D eigenvalue weighted by atomic mass is 16.5. The summed E-state index contributed by atoms with van der Waals surface area (Å²) in [5, 5.41) is 6.11. The molecule has 20 heavy (non-hydrogen) atoms. The second-order valence-electron chi connectivity index (χ2n) is 4.08. The number of hydrogen-bond acceptors (Lipinski definition) is 6. The van der Waals surface area contributed by atoms with Gasteiger partial charge in [0.05, 0.1) is 6.61 Å². The van der Waals surface area contributed by atoms with Gasteiger partial charge in [-0.15, -0.1) is 0 Å². The fraction of sp³-hybridized carbons (Fsp3) is 0.357. The van der Waals surface area contributed by atoms with Crippen molar-refractivity contribution in [3.05, 3.63) is 29.8 Å². The van der Waals surface area contributed by atoms with Gasteiger partial charge in [0.2, 0.25) is 11.9 Å². The summed E-state index contributed by atoms with van der Waals surface area (Å²) < 4.78 is 5.34. The molecule has 2 rings (SSSR count). The van der Waals surface area contributed by atoms with Crippen molar-refractivity contribution in [3.8, 4) is 6.01 Å². The van der Waals surface area contributed by atoms with Crippen molar-refractivity contribution in [2.24, 2.45) is 0 Å². The first-order valence-electron chi connectivity index (χ1n) is 6.68. The number of nitrogens with zero attached hydrogens (tertiary/aromatic N) is 3. The molecule has 6 nitrogen and oxygen atoms in total. The van der Waals surface area contributed by atoms with Crippen molar-refractivity contribution >= 4 is 17.6 Å². The Bertz CT molecular complexity index is 573. The number of hydrogen-bond donors (Lipinski definition) is 2. The molecule has 0 aliphatic carbocycles. The molecule has 0 saturated carbocycles. The Morgan fingerprint density at radius 1 is 1.05 bits per heavy atom. The van der Waals surface area contributed by atoms with Gasteiger partial charge in [-0.1, -0.05) is 25.1 Å². The molecule has 0 spiro atoms. The number of ether oxygens (including phenoxy) is 1. The van der Waals surface area contributed by atoms with Gasteiger partial charge in [-0.25, -0.2) is 0 Å². The highest BCUT2D eigenvalue weighted by molar-refractivity contribution is 5.59. The SMILES string of the molecule is CCOc1nc(NC)nc(Nc2ccccc2CC)n1. The number of rotatable bonds is 6. The Hall–Kier alpha value is -2.37. The fourth-order valence-electron chi connectivity index (χ4n) is 1.79. The summed E-state index contributed by atoms with van der Waals surface area (Å²) >= 11 is 0. The standard InChI is InChI=1S/C14H19N5O/c1-4-10-8-6-7-9-11(10)16-13-17-12(15-3)18-14(19-13)20-5-2/h6-9H,4-5H2,1-3H3,(H2,15,16,17,18,19). The van der Waals surface area contributed by atoms with E-state index in [-0.39, 0.29) is 0 Å². The zero-order valence-corrected chi connectivity index (χ0v) is 12.0. The van der Waals surface area contributed by atoms with Gasteiger partial charge >= 0.3 is 6.01 Å². The molecule has 0 bridgehead atoms. The van der Waals surface area contributed by atoms with E-state index in [0.717, 1.165) is 12.1 Å². The summed E-state index contributed by atoms with van der Waals surface area (Å²) in [5.74, 6) is 0.939. The molecule has 0 radical (unpaired) electrons. The van der Waals surface area contributed by atoms with Gasteiger partial charge in [0.25, 0.3) is 0 Å². The van der Waals surface area contributed by atoms with Crippen molar-refractivity contribution in [1.82, 2.24) is 15.0 Å². The van der Waals surface area contributed by atoms with Crippen LogP contribution in [0.2, 0.25) is 0 Å². The van der Waals surface area contributed by atoms with E-state index in [9.17, 15) is 0 Å². The largest absolute Gasteiger partial charge is 0.464 e. The van der Waals surface area contributed by atoms with E-state index in [1.165, 1.54) is 5.56 Å². The van der Waals surface area contributed by atoms with E-state index in [2.05, 4.69) is 38.6 Å². The number of para-hydroxylation sites is 1. The smallest absolute Gasteiger partial charge is 0.323 e. The first kappa shape index (κ1) is 14.0. The summed E-state index contributed by atoms with van der Waals surface area (Å²) in [6, 6.07) is 8.38. The van der Waals surface area contributed by atoms with Gasteiger partial charge in [0.15, 0.2) is 0 Å². The van der Waals surface area contributed by atoms with Gasteiger partial charge in [-0.3, -0.25) is 0 Å². The van der Waals surface area contributed by atoms with Crippen LogP contribution in [-0.4, -0.2) is 28.6 Å². The van der Waals surface area contributed by atoms with E-state index in [0.29, 0.717) is 24.5 Å². The molecule has 0 amide bonds. The lowest BCUT2D eigenvalue weighted by atomic mass is 10.1. The van der Waals surface area contributed by atoms with E-state index < -0.39 is 0 Å². The number of anilines is 3. The number of aryl methyl sites for hydroxylation is 1. The average Bonchev–Trinajstić information content (AvgIpc) is 2.48. The van der Waals surface area contributed by atoms with Crippen molar-refractivity contribution in [2.75, 3.05) is 24.3 Å². The molecule has 1 heterocycles. The molecule has 0 unspecified atom stereocenters. The topological polar surface area (TPSA) is 72.0 Å². The summed E-state index contributed by atoms with van der Waals surface area (Å²) in [6.45, 7) is 4.51. The van der Waals surface area contributed by atoms with Crippen molar-refractivity contribution < 1.29 is 4.74 Å². The first-order chi connectivity index (χ1) is 9.76. The van der Waals surface area contributed by atoms with Gasteiger partial charge in [0.1, 0.15) is 0 Å². The Morgan fingerprint density at radius 3 is 2.50 bits per heavy atom. The predicted molar refractivity (Wildman–Crippen MR) is 79.6 cm³/mol. The van der Waals surface area contributed by atoms with Crippen LogP contribution in [-0.2, 0) is 6.42 Å². The van der Waals surface area contributed by atoms with E-state index in [4.69, 9.17) is 4.74 Å². The molecule has 0 saturated heterocycles. The van der Waals surface area contributed by atoms with Gasteiger partial charge < -0.3 is 15.4 Å². The number of benzene rings is 1. The van der Waals surface area contributed by atoms with E-state index in [1.54, 1.807) is 7.05 Å². The second-order valence-corrected chi connectivity index (χ2v) is 4.08. The Balaban J connectivity index is 2.30. The molecule has 2 N–H and O–H groups in total. The summed E-state index contributed by atoms with van der Waals surface area (Å²) in [7, 11) is 1.76. The highest BCUT2D eigenvalue weighted by Crippen LogP contribution is 2.20. The maximum Gasteiger partial charge on any atom is 0.323 e. The quantitative estimate of drug-likeness (QED) is 0.843. The van der Waals surface area contributed by atoms with E-state index in [1.807, 2.05) is 25.1 Å². The Labute approximate surface area is 118 Å². The first-order valence-corrected chi connectivity index (χ1v) is 6.68. The maximum absolute atomic E-state index is 5.34. The van der Waals surface area contributed by atoms with Crippen LogP contribution in [0.1, 0.15) is 19.4 Å². The Kier molecular flexibility index (Phi) is 4.70. The summed E-state index contributed by atoms with van der Waals surface area (Å²) in [4.78, 5) is 12.7. The Morgan fingerprint density at radius 2 is 1.80 bits per heavy atom. The minimum Gasteiger partial charge on any atom is -0.464 e. The molecular weight excluding hydrogens is 254 g/mol. The fourth-order valence-corrected chi connectivity index (χ4v) is 1.79. The van der Waals surface area contributed by atoms with Gasteiger partial charge in [0, 0.05) is 12.7 Å². The highest BCUT2D eigenvalue weighted by Gasteiger charge is 2.08. The number of aromatic nitrogens is 3.